The molecule has 15 rings (SSSR count). The van der Waals surface area contributed by atoms with E-state index in [0.717, 1.165) is 17.1 Å². The Balaban J connectivity index is 0.904. The molecule has 0 aromatic heterocycles. The summed E-state index contributed by atoms with van der Waals surface area (Å²) in [6, 6.07) is 111. The maximum Gasteiger partial charge on any atom is 0.0725 e. The molecule has 3 aliphatic carbocycles. The van der Waals surface area contributed by atoms with E-state index in [1.54, 1.807) is 0 Å². The Morgan fingerprint density at radius 2 is 0.560 bits per heavy atom. The SMILES string of the molecule is c1ccc(-c2ccc(N(c3ccc(-c4ccccc4-c4cccc5c4-c4ccccc4C54c5ccccc5-c5ccccc54)cc3)c3cccc4c3-c3ccccc3C4(c3ccccc3)c3ccccc3)cc2)cc1. The van der Waals surface area contributed by atoms with Gasteiger partial charge in [0.15, 0.2) is 0 Å². The number of hydrogen-bond donors (Lipinski definition) is 0. The normalized spacial score (nSPS) is 13.5. The van der Waals surface area contributed by atoms with E-state index < -0.39 is 10.8 Å². The zero-order valence-electron chi connectivity index (χ0n) is 41.2. The second-order valence-corrected chi connectivity index (χ2v) is 20.2. The van der Waals surface area contributed by atoms with Crippen molar-refractivity contribution in [3.05, 3.63) is 342 Å². The van der Waals surface area contributed by atoms with Gasteiger partial charge in [-0.05, 0) is 136 Å². The Morgan fingerprint density at radius 3 is 1.12 bits per heavy atom. The fourth-order valence-corrected chi connectivity index (χ4v) is 13.6. The van der Waals surface area contributed by atoms with Crippen LogP contribution in [0, 0.1) is 0 Å². The molecule has 0 heterocycles. The molecule has 75 heavy (non-hydrogen) atoms. The summed E-state index contributed by atoms with van der Waals surface area (Å²) in [7, 11) is 0. The average Bonchev–Trinajstić information content (AvgIpc) is 4.11. The maximum absolute atomic E-state index is 2.48. The topological polar surface area (TPSA) is 3.24 Å². The number of fused-ring (bicyclic) bond motifs is 13. The van der Waals surface area contributed by atoms with Crippen molar-refractivity contribution in [2.75, 3.05) is 4.90 Å². The van der Waals surface area contributed by atoms with Crippen LogP contribution in [0.5, 0.6) is 0 Å². The van der Waals surface area contributed by atoms with Gasteiger partial charge in [0.1, 0.15) is 0 Å². The molecule has 0 N–H and O–H groups in total. The van der Waals surface area contributed by atoms with Crippen LogP contribution in [0.1, 0.15) is 44.5 Å². The van der Waals surface area contributed by atoms with Crippen molar-refractivity contribution in [2.24, 2.45) is 0 Å². The highest BCUT2D eigenvalue weighted by atomic mass is 15.1. The zero-order chi connectivity index (χ0) is 49.5. The number of nitrogens with zero attached hydrogens (tertiary/aromatic N) is 1. The highest BCUT2D eigenvalue weighted by Gasteiger charge is 2.52. The van der Waals surface area contributed by atoms with E-state index in [0.29, 0.717) is 0 Å². The van der Waals surface area contributed by atoms with E-state index in [9.17, 15) is 0 Å². The summed E-state index contributed by atoms with van der Waals surface area (Å²) < 4.78 is 0. The first-order valence-electron chi connectivity index (χ1n) is 26.2. The van der Waals surface area contributed by atoms with E-state index in [4.69, 9.17) is 0 Å². The van der Waals surface area contributed by atoms with Gasteiger partial charge in [-0.15, -0.1) is 0 Å². The molecule has 0 fully saturated rings. The lowest BCUT2D eigenvalue weighted by Crippen LogP contribution is -2.28. The summed E-state index contributed by atoms with van der Waals surface area (Å²) in [6.07, 6.45) is 0. The van der Waals surface area contributed by atoms with Crippen LogP contribution in [0.2, 0.25) is 0 Å². The predicted molar refractivity (Wildman–Crippen MR) is 311 cm³/mol. The molecule has 0 radical (unpaired) electrons. The molecule has 0 bridgehead atoms. The molecule has 12 aromatic rings. The standard InChI is InChI=1S/C74H49N/c1-4-22-50(23-5-1)51-42-46-55(47-43-51)75(70-41-21-40-69-72(70)63-33-15-18-37-66(63)73(69,53-24-6-2-7-25-53)54-26-8-3-9-27-54)56-48-44-52(45-49-56)57-28-10-11-29-58(57)61-34-20-39-68-71(61)62-32-14-19-38-67(62)74(68)64-35-16-12-30-59(64)60-31-13-17-36-65(60)74/h1-49H. The smallest absolute Gasteiger partial charge is 0.0725 e. The first-order valence-corrected chi connectivity index (χ1v) is 26.2. The Kier molecular flexibility index (Phi) is 9.77. The van der Waals surface area contributed by atoms with Crippen molar-refractivity contribution in [3.63, 3.8) is 0 Å². The number of rotatable bonds is 8. The van der Waals surface area contributed by atoms with Gasteiger partial charge in [-0.1, -0.05) is 267 Å². The summed E-state index contributed by atoms with van der Waals surface area (Å²) in [5.41, 5.74) is 27.8. The third-order valence-electron chi connectivity index (χ3n) is 16.6. The molecule has 0 atom stereocenters. The number of hydrogen-bond acceptors (Lipinski definition) is 1. The molecular formula is C74H49N. The third kappa shape index (κ3) is 6.19. The first-order chi connectivity index (χ1) is 37.2. The summed E-state index contributed by atoms with van der Waals surface area (Å²) in [4.78, 5) is 2.48. The highest BCUT2D eigenvalue weighted by Crippen LogP contribution is 2.65. The quantitative estimate of drug-likeness (QED) is 0.147. The monoisotopic (exact) mass is 951 g/mol. The van der Waals surface area contributed by atoms with Crippen molar-refractivity contribution >= 4 is 17.1 Å². The molecule has 12 aromatic carbocycles. The van der Waals surface area contributed by atoms with Gasteiger partial charge in [-0.25, -0.2) is 0 Å². The Bertz CT molecular complexity index is 4070. The van der Waals surface area contributed by atoms with Gasteiger partial charge < -0.3 is 4.90 Å². The van der Waals surface area contributed by atoms with Gasteiger partial charge in [-0.3, -0.25) is 0 Å². The first kappa shape index (κ1) is 43.1. The van der Waals surface area contributed by atoms with Gasteiger partial charge in [-0.2, -0.15) is 0 Å². The van der Waals surface area contributed by atoms with Crippen LogP contribution in [0.15, 0.2) is 297 Å². The van der Waals surface area contributed by atoms with Crippen LogP contribution < -0.4 is 4.90 Å². The maximum atomic E-state index is 2.48. The van der Waals surface area contributed by atoms with Crippen LogP contribution in [0.4, 0.5) is 17.1 Å². The Morgan fingerprint density at radius 1 is 0.200 bits per heavy atom. The second kappa shape index (κ2) is 17.0. The fraction of sp³-hybridized carbons (Fsp3) is 0.0270. The highest BCUT2D eigenvalue weighted by molar-refractivity contribution is 6.03. The Hall–Kier alpha value is -9.56. The lowest BCUT2D eigenvalue weighted by Gasteiger charge is -2.34. The van der Waals surface area contributed by atoms with Gasteiger partial charge in [0.25, 0.3) is 0 Å². The predicted octanol–water partition coefficient (Wildman–Crippen LogP) is 18.9. The molecule has 0 amide bonds. The summed E-state index contributed by atoms with van der Waals surface area (Å²) >= 11 is 0. The van der Waals surface area contributed by atoms with Gasteiger partial charge in [0, 0.05) is 16.9 Å². The van der Waals surface area contributed by atoms with Crippen LogP contribution >= 0.6 is 0 Å². The van der Waals surface area contributed by atoms with E-state index in [1.165, 1.54) is 111 Å². The molecule has 3 aliphatic rings. The largest absolute Gasteiger partial charge is 0.310 e. The van der Waals surface area contributed by atoms with E-state index in [-0.39, 0.29) is 0 Å². The number of anilines is 3. The van der Waals surface area contributed by atoms with Gasteiger partial charge in [0.2, 0.25) is 0 Å². The lowest BCUT2D eigenvalue weighted by molar-refractivity contribution is 0.768. The lowest BCUT2D eigenvalue weighted by atomic mass is 9.68. The molecule has 350 valence electrons. The minimum atomic E-state index is -0.525. The summed E-state index contributed by atoms with van der Waals surface area (Å²) in [5, 5.41) is 0. The Labute approximate surface area is 439 Å². The second-order valence-electron chi connectivity index (χ2n) is 20.2. The van der Waals surface area contributed by atoms with Crippen LogP contribution in [0.25, 0.3) is 66.8 Å². The van der Waals surface area contributed by atoms with E-state index >= 15 is 0 Å². The van der Waals surface area contributed by atoms with Crippen molar-refractivity contribution in [1.82, 2.24) is 0 Å². The fourth-order valence-electron chi connectivity index (χ4n) is 13.6. The molecule has 0 saturated carbocycles. The zero-order valence-corrected chi connectivity index (χ0v) is 41.2. The van der Waals surface area contributed by atoms with Crippen molar-refractivity contribution in [2.45, 2.75) is 10.8 Å². The molecular weight excluding hydrogens is 903 g/mol. The summed E-state index contributed by atoms with van der Waals surface area (Å²) in [6.45, 7) is 0. The molecule has 0 saturated heterocycles. The number of benzene rings is 12. The van der Waals surface area contributed by atoms with Crippen molar-refractivity contribution in [3.8, 4) is 66.8 Å². The van der Waals surface area contributed by atoms with Crippen LogP contribution in [-0.4, -0.2) is 0 Å². The van der Waals surface area contributed by atoms with Gasteiger partial charge in [0.05, 0.1) is 16.5 Å². The molecule has 0 aliphatic heterocycles. The van der Waals surface area contributed by atoms with E-state index in [2.05, 4.69) is 302 Å². The van der Waals surface area contributed by atoms with E-state index in [1.807, 2.05) is 0 Å². The third-order valence-corrected chi connectivity index (χ3v) is 16.6. The van der Waals surface area contributed by atoms with Crippen LogP contribution in [0.3, 0.4) is 0 Å². The molecule has 1 nitrogen and oxygen atoms in total. The molecule has 0 unspecified atom stereocenters. The molecule has 1 heteroatoms. The molecule has 1 spiro atoms. The summed E-state index contributed by atoms with van der Waals surface area (Å²) in [5.74, 6) is 0. The van der Waals surface area contributed by atoms with Gasteiger partial charge >= 0.3 is 0 Å². The van der Waals surface area contributed by atoms with Crippen LogP contribution in [-0.2, 0) is 10.8 Å². The van der Waals surface area contributed by atoms with Crippen molar-refractivity contribution < 1.29 is 0 Å². The minimum Gasteiger partial charge on any atom is -0.310 e. The minimum absolute atomic E-state index is 0.408. The average molecular weight is 952 g/mol. The van der Waals surface area contributed by atoms with Crippen molar-refractivity contribution in [1.29, 1.82) is 0 Å².